The van der Waals surface area contributed by atoms with Gasteiger partial charge in [0.05, 0.1) is 23.6 Å². The normalized spacial score (nSPS) is 16.4. The van der Waals surface area contributed by atoms with E-state index < -0.39 is 0 Å². The van der Waals surface area contributed by atoms with Crippen LogP contribution in [0.4, 0.5) is 5.82 Å². The second-order valence-electron chi connectivity index (χ2n) is 8.12. The maximum Gasteiger partial charge on any atom is 0.225 e. The fourth-order valence-electron chi connectivity index (χ4n) is 4.41. The van der Waals surface area contributed by atoms with Gasteiger partial charge in [-0.3, -0.25) is 4.79 Å². The Morgan fingerprint density at radius 2 is 2.00 bits per heavy atom. The second-order valence-corrected chi connectivity index (χ2v) is 8.12. The Morgan fingerprint density at radius 3 is 2.84 bits per heavy atom. The van der Waals surface area contributed by atoms with Crippen LogP contribution in [0.25, 0.3) is 16.7 Å². The van der Waals surface area contributed by atoms with Crippen LogP contribution in [0.15, 0.2) is 60.9 Å². The largest absolute Gasteiger partial charge is 0.494 e. The molecule has 1 N–H and O–H groups in total. The Hall–Kier alpha value is -3.61. The molecule has 1 saturated heterocycles. The fraction of sp³-hybridized carbons (Fsp3) is 0.320. The molecule has 1 aromatic carbocycles. The van der Waals surface area contributed by atoms with Gasteiger partial charge in [-0.05, 0) is 61.7 Å². The van der Waals surface area contributed by atoms with Gasteiger partial charge in [-0.2, -0.15) is 0 Å². The molecule has 164 valence electrons. The number of hydrogen-bond acceptors (Lipinski definition) is 5. The molecular formula is C25H27N5O2. The lowest BCUT2D eigenvalue weighted by Gasteiger charge is -2.33. The summed E-state index contributed by atoms with van der Waals surface area (Å²) in [6.07, 6.45) is 5.64. The highest BCUT2D eigenvalue weighted by molar-refractivity contribution is 5.84. The molecule has 7 heteroatoms. The van der Waals surface area contributed by atoms with Gasteiger partial charge >= 0.3 is 0 Å². The molecule has 4 heterocycles. The van der Waals surface area contributed by atoms with Crippen LogP contribution in [0.2, 0.25) is 0 Å². The molecule has 1 unspecified atom stereocenters. The van der Waals surface area contributed by atoms with Gasteiger partial charge in [0, 0.05) is 32.0 Å². The molecule has 4 aromatic rings. The summed E-state index contributed by atoms with van der Waals surface area (Å²) in [5, 5.41) is 3.11. The molecule has 3 aromatic heterocycles. The molecule has 1 atom stereocenters. The number of nitrogens with one attached hydrogen (secondary N) is 1. The van der Waals surface area contributed by atoms with Crippen molar-refractivity contribution >= 4 is 28.4 Å². The van der Waals surface area contributed by atoms with Crippen molar-refractivity contribution in [3.8, 4) is 5.75 Å². The summed E-state index contributed by atoms with van der Waals surface area (Å²) in [6, 6.07) is 15.9. The number of amides is 1. The molecule has 7 nitrogen and oxygen atoms in total. The third-order valence-electron chi connectivity index (χ3n) is 6.01. The zero-order valence-corrected chi connectivity index (χ0v) is 18.2. The SMILES string of the molecule is CCOc1ccc(CNC(=O)C2CCCN(c3nc4ncccc4n4cccc34)C2)cc1. The highest BCUT2D eigenvalue weighted by Gasteiger charge is 2.28. The van der Waals surface area contributed by atoms with Crippen LogP contribution in [-0.2, 0) is 11.3 Å². The number of carbonyl (C=O) groups is 1. The number of fused-ring (bicyclic) bond motifs is 3. The molecule has 0 saturated carbocycles. The van der Waals surface area contributed by atoms with Crippen LogP contribution in [0, 0.1) is 5.92 Å². The third-order valence-corrected chi connectivity index (χ3v) is 6.01. The van der Waals surface area contributed by atoms with E-state index in [2.05, 4.69) is 25.7 Å². The van der Waals surface area contributed by atoms with Gasteiger partial charge in [0.15, 0.2) is 11.5 Å². The summed E-state index contributed by atoms with van der Waals surface area (Å²) in [4.78, 5) is 24.5. The van der Waals surface area contributed by atoms with Gasteiger partial charge < -0.3 is 19.4 Å². The Kier molecular flexibility index (Phi) is 5.62. The van der Waals surface area contributed by atoms with Gasteiger partial charge in [0.1, 0.15) is 5.75 Å². The monoisotopic (exact) mass is 429 g/mol. The number of benzene rings is 1. The van der Waals surface area contributed by atoms with E-state index in [4.69, 9.17) is 9.72 Å². The minimum Gasteiger partial charge on any atom is -0.494 e. The summed E-state index contributed by atoms with van der Waals surface area (Å²) in [5.41, 5.74) is 3.80. The highest BCUT2D eigenvalue weighted by atomic mass is 16.5. The lowest BCUT2D eigenvalue weighted by molar-refractivity contribution is -0.125. The number of anilines is 1. The predicted molar refractivity (Wildman–Crippen MR) is 125 cm³/mol. The standard InChI is InChI=1S/C25H27N5O2/c1-2-32-20-11-9-18(10-12-20)16-27-25(31)19-6-4-14-29(17-19)24-22-8-5-15-30(22)21-7-3-13-26-23(21)28-24/h3,5,7-13,15,19H,2,4,6,14,16-17H2,1H3,(H,27,31). The molecule has 0 bridgehead atoms. The molecule has 0 aliphatic carbocycles. The number of aromatic nitrogens is 3. The fourth-order valence-corrected chi connectivity index (χ4v) is 4.41. The first-order valence-electron chi connectivity index (χ1n) is 11.2. The molecule has 0 spiro atoms. The maximum absolute atomic E-state index is 12.9. The average molecular weight is 430 g/mol. The Balaban J connectivity index is 1.30. The summed E-state index contributed by atoms with van der Waals surface area (Å²) in [6.45, 7) is 4.66. The number of nitrogens with zero attached hydrogens (tertiary/aromatic N) is 4. The number of hydrogen-bond donors (Lipinski definition) is 1. The van der Waals surface area contributed by atoms with Crippen LogP contribution < -0.4 is 15.0 Å². The number of rotatable bonds is 6. The van der Waals surface area contributed by atoms with Crippen LogP contribution >= 0.6 is 0 Å². The van der Waals surface area contributed by atoms with Crippen molar-refractivity contribution < 1.29 is 9.53 Å². The zero-order chi connectivity index (χ0) is 21.9. The van der Waals surface area contributed by atoms with Gasteiger partial charge in [0.25, 0.3) is 0 Å². The summed E-state index contributed by atoms with van der Waals surface area (Å²) < 4.78 is 7.61. The van der Waals surface area contributed by atoms with Crippen molar-refractivity contribution in [2.24, 2.45) is 5.92 Å². The van der Waals surface area contributed by atoms with Gasteiger partial charge in [0.2, 0.25) is 5.91 Å². The van der Waals surface area contributed by atoms with E-state index in [0.29, 0.717) is 25.3 Å². The summed E-state index contributed by atoms with van der Waals surface area (Å²) >= 11 is 0. The van der Waals surface area contributed by atoms with Gasteiger partial charge in [-0.25, -0.2) is 9.97 Å². The predicted octanol–water partition coefficient (Wildman–Crippen LogP) is 3.81. The first-order valence-corrected chi connectivity index (χ1v) is 11.2. The van der Waals surface area contributed by atoms with Crippen LogP contribution in [0.5, 0.6) is 5.75 Å². The first-order chi connectivity index (χ1) is 15.7. The van der Waals surface area contributed by atoms with Crippen molar-refractivity contribution in [3.05, 3.63) is 66.5 Å². The molecule has 1 aliphatic heterocycles. The first kappa shape index (κ1) is 20.3. The maximum atomic E-state index is 12.9. The second kappa shape index (κ2) is 8.86. The number of carbonyl (C=O) groups excluding carboxylic acids is 1. The number of piperidine rings is 1. The Bertz CT molecular complexity index is 1230. The van der Waals surface area contributed by atoms with Crippen LogP contribution in [0.3, 0.4) is 0 Å². The van der Waals surface area contributed by atoms with Crippen molar-refractivity contribution in [3.63, 3.8) is 0 Å². The van der Waals surface area contributed by atoms with Crippen LogP contribution in [-0.4, -0.2) is 40.0 Å². The van der Waals surface area contributed by atoms with E-state index in [1.807, 2.05) is 55.6 Å². The van der Waals surface area contributed by atoms with Gasteiger partial charge in [-0.15, -0.1) is 0 Å². The van der Waals surface area contributed by atoms with Crippen molar-refractivity contribution in [1.29, 1.82) is 0 Å². The van der Waals surface area contributed by atoms with E-state index in [1.165, 1.54) is 0 Å². The molecule has 32 heavy (non-hydrogen) atoms. The number of ether oxygens (including phenoxy) is 1. The van der Waals surface area contributed by atoms with E-state index in [1.54, 1.807) is 6.20 Å². The van der Waals surface area contributed by atoms with Gasteiger partial charge in [-0.1, -0.05) is 12.1 Å². The Labute approximate surface area is 187 Å². The highest BCUT2D eigenvalue weighted by Crippen LogP contribution is 2.28. The smallest absolute Gasteiger partial charge is 0.225 e. The third kappa shape index (κ3) is 3.98. The molecular weight excluding hydrogens is 402 g/mol. The average Bonchev–Trinajstić information content (AvgIpc) is 3.33. The van der Waals surface area contributed by atoms with E-state index in [9.17, 15) is 4.79 Å². The van der Waals surface area contributed by atoms with E-state index in [0.717, 1.165) is 47.6 Å². The lowest BCUT2D eigenvalue weighted by atomic mass is 9.97. The molecule has 5 rings (SSSR count). The molecule has 0 radical (unpaired) electrons. The minimum atomic E-state index is -0.0670. The molecule has 1 fully saturated rings. The molecule has 1 aliphatic rings. The Morgan fingerprint density at radius 1 is 1.16 bits per heavy atom. The topological polar surface area (TPSA) is 71.8 Å². The van der Waals surface area contributed by atoms with E-state index >= 15 is 0 Å². The summed E-state index contributed by atoms with van der Waals surface area (Å²) in [7, 11) is 0. The lowest BCUT2D eigenvalue weighted by Crippen LogP contribution is -2.43. The van der Waals surface area contributed by atoms with Crippen molar-refractivity contribution in [2.45, 2.75) is 26.3 Å². The van der Waals surface area contributed by atoms with Crippen molar-refractivity contribution in [1.82, 2.24) is 19.7 Å². The zero-order valence-electron chi connectivity index (χ0n) is 18.2. The quantitative estimate of drug-likeness (QED) is 0.505. The molecule has 1 amide bonds. The van der Waals surface area contributed by atoms with E-state index in [-0.39, 0.29) is 11.8 Å². The van der Waals surface area contributed by atoms with Crippen LogP contribution in [0.1, 0.15) is 25.3 Å². The number of pyridine rings is 1. The minimum absolute atomic E-state index is 0.0670. The van der Waals surface area contributed by atoms with Crippen molar-refractivity contribution in [2.75, 3.05) is 24.6 Å². The summed E-state index contributed by atoms with van der Waals surface area (Å²) in [5.74, 6) is 1.77.